The number of aromatic nitrogens is 4. The fourth-order valence-electron chi connectivity index (χ4n) is 3.10. The fraction of sp³-hybridized carbons (Fsp3) is 0.136. The van der Waals surface area contributed by atoms with E-state index in [1.807, 2.05) is 6.92 Å². The van der Waals surface area contributed by atoms with Crippen molar-refractivity contribution in [3.05, 3.63) is 78.4 Å². The molecule has 4 rings (SSSR count). The molecule has 2 heterocycles. The van der Waals surface area contributed by atoms with Gasteiger partial charge in [0, 0.05) is 24.1 Å². The van der Waals surface area contributed by atoms with Crippen molar-refractivity contribution in [1.29, 1.82) is 0 Å². The summed E-state index contributed by atoms with van der Waals surface area (Å²) in [6.45, 7) is 3.58. The maximum absolute atomic E-state index is 12.9. The number of sulfonamides is 1. The highest BCUT2D eigenvalue weighted by Crippen LogP contribution is 2.29. The average Bonchev–Trinajstić information content (AvgIpc) is 3.32. The number of imidazole rings is 1. The maximum Gasteiger partial charge on any atom is 0.262 e. The Bertz CT molecular complexity index is 1320. The molecule has 0 bridgehead atoms. The van der Waals surface area contributed by atoms with Crippen LogP contribution >= 0.6 is 0 Å². The summed E-state index contributed by atoms with van der Waals surface area (Å²) in [6.07, 6.45) is 5.04. The van der Waals surface area contributed by atoms with Crippen LogP contribution in [0.4, 0.5) is 5.69 Å². The van der Waals surface area contributed by atoms with Crippen molar-refractivity contribution in [3.63, 3.8) is 0 Å². The van der Waals surface area contributed by atoms with Crippen molar-refractivity contribution < 1.29 is 17.9 Å². The number of anilines is 1. The van der Waals surface area contributed by atoms with Gasteiger partial charge in [-0.25, -0.2) is 13.4 Å². The van der Waals surface area contributed by atoms with Gasteiger partial charge in [-0.1, -0.05) is 0 Å². The quantitative estimate of drug-likeness (QED) is 0.454. The van der Waals surface area contributed by atoms with Crippen molar-refractivity contribution in [2.75, 3.05) is 11.8 Å². The van der Waals surface area contributed by atoms with E-state index >= 15 is 0 Å². The standard InChI is InChI=1S/C22H21N5O4S/c1-15-16(2)20(9-8-19(15)30-3)32(28,29)26-17-4-6-18(7-5-17)31-22-11-10-21(24-25-22)27-13-12-23-14-27/h4-14,26H,1-3H3. The van der Waals surface area contributed by atoms with Crippen LogP contribution < -0.4 is 14.2 Å². The second-order valence-corrected chi connectivity index (χ2v) is 8.60. The molecule has 32 heavy (non-hydrogen) atoms. The molecule has 0 aliphatic heterocycles. The first-order valence-electron chi connectivity index (χ1n) is 9.64. The number of hydrogen-bond donors (Lipinski definition) is 1. The zero-order chi connectivity index (χ0) is 22.7. The summed E-state index contributed by atoms with van der Waals surface area (Å²) in [6, 6.07) is 13.2. The van der Waals surface area contributed by atoms with Gasteiger partial charge in [0.2, 0.25) is 5.88 Å². The second-order valence-electron chi connectivity index (χ2n) is 6.95. The first kappa shape index (κ1) is 21.3. The Hall–Kier alpha value is -3.92. The summed E-state index contributed by atoms with van der Waals surface area (Å²) < 4.78 is 41.0. The zero-order valence-corrected chi connectivity index (χ0v) is 18.5. The second kappa shape index (κ2) is 8.67. The predicted octanol–water partition coefficient (Wildman–Crippen LogP) is 3.88. The normalized spacial score (nSPS) is 11.2. The number of rotatable bonds is 7. The van der Waals surface area contributed by atoms with E-state index < -0.39 is 10.0 Å². The summed E-state index contributed by atoms with van der Waals surface area (Å²) >= 11 is 0. The first-order chi connectivity index (χ1) is 15.4. The first-order valence-corrected chi connectivity index (χ1v) is 11.1. The Kier molecular flexibility index (Phi) is 5.78. The topological polar surface area (TPSA) is 108 Å². The number of nitrogens with zero attached hydrogens (tertiary/aromatic N) is 4. The molecule has 0 aliphatic rings. The largest absolute Gasteiger partial charge is 0.496 e. The molecule has 0 fully saturated rings. The van der Waals surface area contributed by atoms with Gasteiger partial charge in [-0.2, -0.15) is 0 Å². The van der Waals surface area contributed by atoms with Gasteiger partial charge >= 0.3 is 0 Å². The van der Waals surface area contributed by atoms with Crippen LogP contribution in [-0.4, -0.2) is 35.3 Å². The molecule has 0 atom stereocenters. The molecule has 0 radical (unpaired) electrons. The van der Waals surface area contributed by atoms with Gasteiger partial charge in [0.15, 0.2) is 5.82 Å². The molecule has 0 aliphatic carbocycles. The molecule has 0 saturated carbocycles. The molecular formula is C22H21N5O4S. The molecule has 4 aromatic rings. The van der Waals surface area contributed by atoms with Crippen LogP contribution in [-0.2, 0) is 10.0 Å². The SMILES string of the molecule is COc1ccc(S(=O)(=O)Nc2ccc(Oc3ccc(-n4ccnc4)nn3)cc2)c(C)c1C. The lowest BCUT2D eigenvalue weighted by atomic mass is 10.1. The van der Waals surface area contributed by atoms with Crippen LogP contribution in [0.15, 0.2) is 72.1 Å². The third-order valence-corrected chi connectivity index (χ3v) is 6.45. The highest BCUT2D eigenvalue weighted by atomic mass is 32.2. The van der Waals surface area contributed by atoms with Crippen LogP contribution in [0.25, 0.3) is 5.82 Å². The van der Waals surface area contributed by atoms with E-state index in [1.165, 1.54) is 6.07 Å². The average molecular weight is 452 g/mol. The van der Waals surface area contributed by atoms with Crippen molar-refractivity contribution in [1.82, 2.24) is 19.7 Å². The highest BCUT2D eigenvalue weighted by molar-refractivity contribution is 7.92. The monoisotopic (exact) mass is 451 g/mol. The maximum atomic E-state index is 12.9. The number of methoxy groups -OCH3 is 1. The lowest BCUT2D eigenvalue weighted by Crippen LogP contribution is -2.15. The molecule has 0 unspecified atom stereocenters. The third kappa shape index (κ3) is 4.40. The minimum atomic E-state index is -3.77. The van der Waals surface area contributed by atoms with E-state index in [4.69, 9.17) is 9.47 Å². The van der Waals surface area contributed by atoms with Crippen LogP contribution in [0.1, 0.15) is 11.1 Å². The molecule has 0 spiro atoms. The highest BCUT2D eigenvalue weighted by Gasteiger charge is 2.19. The van der Waals surface area contributed by atoms with Gasteiger partial charge in [0.1, 0.15) is 17.8 Å². The van der Waals surface area contributed by atoms with Crippen molar-refractivity contribution in [2.45, 2.75) is 18.7 Å². The van der Waals surface area contributed by atoms with Gasteiger partial charge < -0.3 is 9.47 Å². The molecule has 164 valence electrons. The fourth-order valence-corrected chi connectivity index (χ4v) is 4.46. The Balaban J connectivity index is 1.46. The molecule has 10 heteroatoms. The molecule has 0 saturated heterocycles. The Morgan fingerprint density at radius 2 is 1.72 bits per heavy atom. The zero-order valence-electron chi connectivity index (χ0n) is 17.7. The molecule has 2 aromatic heterocycles. The van der Waals surface area contributed by atoms with Crippen LogP contribution in [0.5, 0.6) is 17.4 Å². The number of ether oxygens (including phenoxy) is 2. The van der Waals surface area contributed by atoms with E-state index in [1.54, 1.807) is 79.8 Å². The summed E-state index contributed by atoms with van der Waals surface area (Å²) in [4.78, 5) is 4.17. The van der Waals surface area contributed by atoms with Gasteiger partial charge in [-0.3, -0.25) is 9.29 Å². The lowest BCUT2D eigenvalue weighted by molar-refractivity contribution is 0.410. The van der Waals surface area contributed by atoms with Crippen molar-refractivity contribution >= 4 is 15.7 Å². The van der Waals surface area contributed by atoms with Gasteiger partial charge in [0.25, 0.3) is 10.0 Å². The van der Waals surface area contributed by atoms with E-state index in [-0.39, 0.29) is 4.90 Å². The van der Waals surface area contributed by atoms with Crippen molar-refractivity contribution in [3.8, 4) is 23.2 Å². The van der Waals surface area contributed by atoms with Crippen LogP contribution in [0.2, 0.25) is 0 Å². The van der Waals surface area contributed by atoms with Gasteiger partial charge in [0.05, 0.1) is 12.0 Å². The molecule has 2 aromatic carbocycles. The Labute approximate surface area is 185 Å². The Morgan fingerprint density at radius 1 is 0.938 bits per heavy atom. The number of hydrogen-bond acceptors (Lipinski definition) is 7. The third-order valence-electron chi connectivity index (χ3n) is 4.92. The van der Waals surface area contributed by atoms with Crippen LogP contribution in [0, 0.1) is 13.8 Å². The molecule has 9 nitrogen and oxygen atoms in total. The lowest BCUT2D eigenvalue weighted by Gasteiger charge is -2.14. The summed E-state index contributed by atoms with van der Waals surface area (Å²) in [5.74, 6) is 2.06. The summed E-state index contributed by atoms with van der Waals surface area (Å²) in [7, 11) is -2.21. The Morgan fingerprint density at radius 3 is 2.34 bits per heavy atom. The van der Waals surface area contributed by atoms with Gasteiger partial charge in [-0.05, 0) is 67.4 Å². The minimum Gasteiger partial charge on any atom is -0.496 e. The minimum absolute atomic E-state index is 0.199. The van der Waals surface area contributed by atoms with E-state index in [2.05, 4.69) is 19.9 Å². The van der Waals surface area contributed by atoms with Crippen LogP contribution in [0.3, 0.4) is 0 Å². The molecule has 0 amide bonds. The van der Waals surface area contributed by atoms with E-state index in [0.717, 1.165) is 5.56 Å². The predicted molar refractivity (Wildman–Crippen MR) is 119 cm³/mol. The van der Waals surface area contributed by atoms with Gasteiger partial charge in [-0.15, -0.1) is 10.2 Å². The smallest absolute Gasteiger partial charge is 0.262 e. The summed E-state index contributed by atoms with van der Waals surface area (Å²) in [5, 5.41) is 8.13. The van der Waals surface area contributed by atoms with E-state index in [9.17, 15) is 8.42 Å². The van der Waals surface area contributed by atoms with Crippen molar-refractivity contribution in [2.24, 2.45) is 0 Å². The molecule has 1 N–H and O–H groups in total. The molecular weight excluding hydrogens is 430 g/mol. The number of benzene rings is 2. The number of nitrogens with one attached hydrogen (secondary N) is 1. The van der Waals surface area contributed by atoms with E-state index in [0.29, 0.717) is 34.4 Å². The summed E-state index contributed by atoms with van der Waals surface area (Å²) in [5.41, 5.74) is 1.82.